The van der Waals surface area contributed by atoms with Crippen LogP contribution in [0.4, 0.5) is 5.69 Å². The molecule has 0 saturated carbocycles. The van der Waals surface area contributed by atoms with Crippen molar-refractivity contribution in [3.8, 4) is 28.5 Å². The van der Waals surface area contributed by atoms with Crippen molar-refractivity contribution < 1.29 is 13.9 Å². The van der Waals surface area contributed by atoms with E-state index in [4.69, 9.17) is 20.8 Å². The molecule has 0 aliphatic rings. The van der Waals surface area contributed by atoms with Crippen molar-refractivity contribution in [1.82, 2.24) is 4.98 Å². The molecule has 29 heavy (non-hydrogen) atoms. The Morgan fingerprint density at radius 1 is 1.00 bits per heavy atom. The minimum atomic E-state index is -0.253. The van der Waals surface area contributed by atoms with Crippen molar-refractivity contribution >= 4 is 23.2 Å². The summed E-state index contributed by atoms with van der Waals surface area (Å²) in [6.45, 7) is 0. The Hall–Kier alpha value is -3.57. The van der Waals surface area contributed by atoms with Crippen LogP contribution in [0.15, 0.2) is 83.4 Å². The molecule has 0 atom stereocenters. The Bertz CT molecular complexity index is 1140. The van der Waals surface area contributed by atoms with E-state index in [-0.39, 0.29) is 5.91 Å². The Balaban J connectivity index is 1.61. The quantitative estimate of drug-likeness (QED) is 0.448. The van der Waals surface area contributed by atoms with Gasteiger partial charge in [-0.3, -0.25) is 4.79 Å². The number of nitrogens with one attached hydrogen (secondary N) is 1. The summed E-state index contributed by atoms with van der Waals surface area (Å²) in [5.74, 6) is 1.44. The zero-order valence-corrected chi connectivity index (χ0v) is 16.3. The van der Waals surface area contributed by atoms with Crippen molar-refractivity contribution in [2.75, 3.05) is 12.4 Å². The van der Waals surface area contributed by atoms with Gasteiger partial charge in [0.1, 0.15) is 5.75 Å². The lowest BCUT2D eigenvalue weighted by molar-refractivity contribution is 0.102. The number of nitrogens with zero attached hydrogens (tertiary/aromatic N) is 1. The lowest BCUT2D eigenvalue weighted by Crippen LogP contribution is -2.13. The molecule has 1 amide bonds. The lowest BCUT2D eigenvalue weighted by Gasteiger charge is -2.09. The molecular formula is C23H17ClN2O3. The number of amides is 1. The number of hydrogen-bond donors (Lipinski definition) is 1. The van der Waals surface area contributed by atoms with Crippen LogP contribution in [0.1, 0.15) is 10.4 Å². The van der Waals surface area contributed by atoms with E-state index in [9.17, 15) is 4.79 Å². The molecule has 4 rings (SSSR count). The number of hydrogen-bond acceptors (Lipinski definition) is 4. The van der Waals surface area contributed by atoms with Crippen LogP contribution < -0.4 is 10.1 Å². The maximum Gasteiger partial charge on any atom is 0.256 e. The predicted molar refractivity (Wildman–Crippen MR) is 113 cm³/mol. The predicted octanol–water partition coefficient (Wildman–Crippen LogP) is 5.92. The molecule has 1 aromatic heterocycles. The van der Waals surface area contributed by atoms with Gasteiger partial charge in [0, 0.05) is 21.8 Å². The second-order valence-corrected chi connectivity index (χ2v) is 6.70. The highest BCUT2D eigenvalue weighted by molar-refractivity contribution is 6.30. The summed E-state index contributed by atoms with van der Waals surface area (Å²) >= 11 is 5.94. The first-order chi connectivity index (χ1) is 14.1. The van der Waals surface area contributed by atoms with E-state index in [0.29, 0.717) is 33.5 Å². The summed E-state index contributed by atoms with van der Waals surface area (Å²) in [6.07, 6.45) is 1.64. The normalized spacial score (nSPS) is 10.6. The standard InChI is InChI=1S/C23H17ClN2O3/c1-28-18-12-10-17(11-13-18)26-22(27)19-4-2-3-5-20(19)23-25-14-21(29-23)15-6-8-16(24)9-7-15/h2-14H,1H3,(H,26,27). The Labute approximate surface area is 172 Å². The summed E-state index contributed by atoms with van der Waals surface area (Å²) in [7, 11) is 1.60. The third-order valence-corrected chi connectivity index (χ3v) is 4.64. The molecule has 0 aliphatic carbocycles. The molecule has 0 unspecified atom stereocenters. The number of aromatic nitrogens is 1. The van der Waals surface area contributed by atoms with E-state index in [1.807, 2.05) is 18.2 Å². The van der Waals surface area contributed by atoms with Gasteiger partial charge in [0.15, 0.2) is 5.76 Å². The molecule has 144 valence electrons. The Kier molecular flexibility index (Phi) is 5.31. The first kappa shape index (κ1) is 18.8. The maximum absolute atomic E-state index is 12.9. The van der Waals surface area contributed by atoms with E-state index in [0.717, 1.165) is 11.3 Å². The number of carbonyl (C=O) groups is 1. The molecule has 3 aromatic carbocycles. The molecule has 1 heterocycles. The molecule has 0 bridgehead atoms. The second kappa shape index (κ2) is 8.20. The van der Waals surface area contributed by atoms with Gasteiger partial charge in [-0.1, -0.05) is 23.7 Å². The number of benzene rings is 3. The van der Waals surface area contributed by atoms with Crippen LogP contribution in [-0.4, -0.2) is 18.0 Å². The fraction of sp³-hybridized carbons (Fsp3) is 0.0435. The van der Waals surface area contributed by atoms with Crippen LogP contribution >= 0.6 is 11.6 Å². The molecule has 0 saturated heterocycles. The van der Waals surface area contributed by atoms with Gasteiger partial charge in [-0.05, 0) is 60.7 Å². The number of methoxy groups -OCH3 is 1. The molecule has 4 aromatic rings. The van der Waals surface area contributed by atoms with Crippen LogP contribution in [-0.2, 0) is 0 Å². The van der Waals surface area contributed by atoms with Crippen molar-refractivity contribution in [2.24, 2.45) is 0 Å². The van der Waals surface area contributed by atoms with E-state index < -0.39 is 0 Å². The number of halogens is 1. The van der Waals surface area contributed by atoms with Crippen LogP contribution in [0, 0.1) is 0 Å². The van der Waals surface area contributed by atoms with Crippen LogP contribution in [0.2, 0.25) is 5.02 Å². The van der Waals surface area contributed by atoms with Crippen LogP contribution in [0.25, 0.3) is 22.8 Å². The molecule has 6 heteroatoms. The topological polar surface area (TPSA) is 64.4 Å². The number of anilines is 1. The average Bonchev–Trinajstić information content (AvgIpc) is 3.25. The Morgan fingerprint density at radius 2 is 1.72 bits per heavy atom. The second-order valence-electron chi connectivity index (χ2n) is 6.26. The molecule has 0 aliphatic heterocycles. The van der Waals surface area contributed by atoms with Gasteiger partial charge >= 0.3 is 0 Å². The fourth-order valence-electron chi connectivity index (χ4n) is 2.89. The third-order valence-electron chi connectivity index (χ3n) is 4.38. The molecule has 0 fully saturated rings. The molecule has 0 spiro atoms. The molecule has 0 radical (unpaired) electrons. The van der Waals surface area contributed by atoms with Gasteiger partial charge in [0.25, 0.3) is 5.91 Å². The monoisotopic (exact) mass is 404 g/mol. The third kappa shape index (κ3) is 4.15. The highest BCUT2D eigenvalue weighted by Gasteiger charge is 2.17. The van der Waals surface area contributed by atoms with E-state index in [1.54, 1.807) is 67.9 Å². The van der Waals surface area contributed by atoms with Gasteiger partial charge in [-0.25, -0.2) is 4.98 Å². The highest BCUT2D eigenvalue weighted by Crippen LogP contribution is 2.29. The van der Waals surface area contributed by atoms with Crippen molar-refractivity contribution in [3.63, 3.8) is 0 Å². The van der Waals surface area contributed by atoms with Gasteiger partial charge in [0.05, 0.1) is 18.9 Å². The number of carbonyl (C=O) groups excluding carboxylic acids is 1. The van der Waals surface area contributed by atoms with Crippen LogP contribution in [0.5, 0.6) is 5.75 Å². The fourth-order valence-corrected chi connectivity index (χ4v) is 3.01. The molecule has 5 nitrogen and oxygen atoms in total. The minimum absolute atomic E-state index is 0.253. The smallest absolute Gasteiger partial charge is 0.256 e. The zero-order valence-electron chi connectivity index (χ0n) is 15.6. The SMILES string of the molecule is COc1ccc(NC(=O)c2ccccc2-c2ncc(-c3ccc(Cl)cc3)o2)cc1. The molecular weight excluding hydrogens is 388 g/mol. The zero-order chi connectivity index (χ0) is 20.2. The first-order valence-corrected chi connectivity index (χ1v) is 9.28. The van der Waals surface area contributed by atoms with Crippen molar-refractivity contribution in [2.45, 2.75) is 0 Å². The minimum Gasteiger partial charge on any atom is -0.497 e. The van der Waals surface area contributed by atoms with Crippen molar-refractivity contribution in [3.05, 3.63) is 89.6 Å². The largest absolute Gasteiger partial charge is 0.497 e. The van der Waals surface area contributed by atoms with Gasteiger partial charge < -0.3 is 14.5 Å². The number of rotatable bonds is 5. The number of oxazole rings is 1. The van der Waals surface area contributed by atoms with E-state index in [2.05, 4.69) is 10.3 Å². The van der Waals surface area contributed by atoms with Crippen molar-refractivity contribution in [1.29, 1.82) is 0 Å². The summed E-state index contributed by atoms with van der Waals surface area (Å²) < 4.78 is 11.1. The Morgan fingerprint density at radius 3 is 2.45 bits per heavy atom. The summed E-state index contributed by atoms with van der Waals surface area (Å²) in [4.78, 5) is 17.2. The van der Waals surface area contributed by atoms with E-state index >= 15 is 0 Å². The molecule has 1 N–H and O–H groups in total. The van der Waals surface area contributed by atoms with Gasteiger partial charge in [-0.15, -0.1) is 0 Å². The summed E-state index contributed by atoms with van der Waals surface area (Å²) in [5, 5.41) is 3.53. The summed E-state index contributed by atoms with van der Waals surface area (Å²) in [5.41, 5.74) is 2.60. The van der Waals surface area contributed by atoms with Gasteiger partial charge in [0.2, 0.25) is 5.89 Å². The lowest BCUT2D eigenvalue weighted by atomic mass is 10.1. The first-order valence-electron chi connectivity index (χ1n) is 8.90. The van der Waals surface area contributed by atoms with Gasteiger partial charge in [-0.2, -0.15) is 0 Å². The maximum atomic E-state index is 12.9. The van der Waals surface area contributed by atoms with Crippen LogP contribution in [0.3, 0.4) is 0 Å². The van der Waals surface area contributed by atoms with E-state index in [1.165, 1.54) is 0 Å². The summed E-state index contributed by atoms with van der Waals surface area (Å²) in [6, 6.07) is 21.6. The highest BCUT2D eigenvalue weighted by atomic mass is 35.5. The average molecular weight is 405 g/mol. The number of ether oxygens (including phenoxy) is 1.